The van der Waals surface area contributed by atoms with Crippen LogP contribution in [0.2, 0.25) is 0 Å². The molecule has 2 atom stereocenters. The summed E-state index contributed by atoms with van der Waals surface area (Å²) in [5.74, 6) is -1.00. The van der Waals surface area contributed by atoms with Gasteiger partial charge in [0.1, 0.15) is 6.10 Å². The number of carbonyl (C=O) groups is 2. The van der Waals surface area contributed by atoms with E-state index in [-0.39, 0.29) is 30.1 Å². The van der Waals surface area contributed by atoms with E-state index in [2.05, 4.69) is 10.6 Å². The molecule has 0 spiro atoms. The molecule has 1 aliphatic carbocycles. The molecule has 7 nitrogen and oxygen atoms in total. The third-order valence-electron chi connectivity index (χ3n) is 4.14. The number of aliphatic carboxylic acids is 1. The van der Waals surface area contributed by atoms with E-state index in [0.29, 0.717) is 45.5 Å². The number of urea groups is 1. The Morgan fingerprint density at radius 1 is 1.19 bits per heavy atom. The van der Waals surface area contributed by atoms with Crippen LogP contribution in [0.15, 0.2) is 0 Å². The van der Waals surface area contributed by atoms with E-state index in [9.17, 15) is 9.59 Å². The van der Waals surface area contributed by atoms with Crippen molar-refractivity contribution in [2.24, 2.45) is 5.92 Å². The molecule has 2 rings (SSSR count). The van der Waals surface area contributed by atoms with Crippen LogP contribution in [0, 0.1) is 5.92 Å². The van der Waals surface area contributed by atoms with Gasteiger partial charge in [-0.25, -0.2) is 4.79 Å². The number of ether oxygens (including phenoxy) is 2. The van der Waals surface area contributed by atoms with E-state index >= 15 is 0 Å². The van der Waals surface area contributed by atoms with E-state index in [4.69, 9.17) is 14.6 Å². The van der Waals surface area contributed by atoms with E-state index in [0.717, 1.165) is 0 Å². The summed E-state index contributed by atoms with van der Waals surface area (Å²) in [4.78, 5) is 22.9. The Morgan fingerprint density at radius 2 is 1.90 bits per heavy atom. The van der Waals surface area contributed by atoms with Crippen molar-refractivity contribution in [2.75, 3.05) is 19.8 Å². The van der Waals surface area contributed by atoms with Crippen molar-refractivity contribution in [1.29, 1.82) is 0 Å². The number of hydrogen-bond donors (Lipinski definition) is 3. The maximum absolute atomic E-state index is 12.0. The highest BCUT2D eigenvalue weighted by atomic mass is 16.5. The number of amides is 2. The molecule has 7 heteroatoms. The minimum atomic E-state index is -0.736. The van der Waals surface area contributed by atoms with E-state index in [1.165, 1.54) is 0 Å². The van der Waals surface area contributed by atoms with Gasteiger partial charge in [0.25, 0.3) is 0 Å². The summed E-state index contributed by atoms with van der Waals surface area (Å²) in [6.45, 7) is 3.47. The molecule has 1 aliphatic heterocycles. The maximum Gasteiger partial charge on any atom is 0.315 e. The molecule has 0 bridgehead atoms. The first-order valence-corrected chi connectivity index (χ1v) is 7.59. The van der Waals surface area contributed by atoms with Gasteiger partial charge in [-0.3, -0.25) is 4.79 Å². The van der Waals surface area contributed by atoms with Crippen LogP contribution in [0.25, 0.3) is 0 Å². The summed E-state index contributed by atoms with van der Waals surface area (Å²) in [7, 11) is 0. The lowest BCUT2D eigenvalue weighted by atomic mass is 9.86. The van der Waals surface area contributed by atoms with Crippen LogP contribution in [0.5, 0.6) is 0 Å². The third kappa shape index (κ3) is 4.57. The maximum atomic E-state index is 12.0. The van der Waals surface area contributed by atoms with Crippen molar-refractivity contribution in [1.82, 2.24) is 10.6 Å². The Morgan fingerprint density at radius 3 is 2.52 bits per heavy atom. The fraction of sp³-hybridized carbons (Fsp3) is 0.857. The molecule has 2 aliphatic rings. The standard InChI is InChI=1S/C14H24N2O5/c1-2-21-12-8-20-7-11(12)16-14(19)15-10-5-3-9(4-6-10)13(17)18/h9-12H,2-8H2,1H3,(H,17,18)(H2,15,16,19)/t9?,10?,11-,12-/m1/s1. The van der Waals surface area contributed by atoms with Gasteiger partial charge in [0.05, 0.1) is 25.2 Å². The van der Waals surface area contributed by atoms with Crippen LogP contribution in [-0.2, 0) is 14.3 Å². The van der Waals surface area contributed by atoms with E-state index in [1.54, 1.807) is 0 Å². The SMILES string of the molecule is CCO[C@@H]1COC[C@H]1NC(=O)NC1CCC(C(=O)O)CC1. The van der Waals surface area contributed by atoms with Crippen molar-refractivity contribution in [3.8, 4) is 0 Å². The van der Waals surface area contributed by atoms with E-state index < -0.39 is 5.97 Å². The van der Waals surface area contributed by atoms with Crippen LogP contribution < -0.4 is 10.6 Å². The molecule has 1 heterocycles. The van der Waals surface area contributed by atoms with Gasteiger partial charge in [0, 0.05) is 12.6 Å². The summed E-state index contributed by atoms with van der Waals surface area (Å²) in [5.41, 5.74) is 0. The zero-order chi connectivity index (χ0) is 15.2. The molecule has 21 heavy (non-hydrogen) atoms. The largest absolute Gasteiger partial charge is 0.481 e. The van der Waals surface area contributed by atoms with Crippen LogP contribution in [0.3, 0.4) is 0 Å². The Kier molecular flexibility index (Phi) is 5.81. The topological polar surface area (TPSA) is 96.9 Å². The number of rotatable bonds is 5. The highest BCUT2D eigenvalue weighted by molar-refractivity contribution is 5.75. The van der Waals surface area contributed by atoms with Crippen LogP contribution in [0.1, 0.15) is 32.6 Å². The van der Waals surface area contributed by atoms with Crippen molar-refractivity contribution in [3.63, 3.8) is 0 Å². The minimum absolute atomic E-state index is 0.0495. The van der Waals surface area contributed by atoms with Gasteiger partial charge in [-0.1, -0.05) is 0 Å². The first kappa shape index (κ1) is 16.0. The molecule has 2 amide bonds. The summed E-state index contributed by atoms with van der Waals surface area (Å²) in [6.07, 6.45) is 2.56. The first-order chi connectivity index (χ1) is 10.1. The number of carbonyl (C=O) groups excluding carboxylic acids is 1. The average Bonchev–Trinajstić information content (AvgIpc) is 2.87. The predicted octanol–water partition coefficient (Wildman–Crippen LogP) is 0.733. The molecule has 120 valence electrons. The molecule has 0 aromatic heterocycles. The van der Waals surface area contributed by atoms with Crippen molar-refractivity contribution >= 4 is 12.0 Å². The fourth-order valence-electron chi connectivity index (χ4n) is 2.93. The molecule has 0 aromatic rings. The van der Waals surface area contributed by atoms with Gasteiger partial charge in [-0.2, -0.15) is 0 Å². The second kappa shape index (κ2) is 7.61. The molecule has 0 radical (unpaired) electrons. The van der Waals surface area contributed by atoms with Crippen molar-refractivity contribution in [3.05, 3.63) is 0 Å². The first-order valence-electron chi connectivity index (χ1n) is 7.59. The lowest BCUT2D eigenvalue weighted by Gasteiger charge is -2.28. The second-order valence-electron chi connectivity index (χ2n) is 5.64. The van der Waals surface area contributed by atoms with Crippen LogP contribution in [-0.4, -0.2) is 55.1 Å². The zero-order valence-electron chi connectivity index (χ0n) is 12.3. The molecular formula is C14H24N2O5. The van der Waals surface area contributed by atoms with E-state index in [1.807, 2.05) is 6.92 Å². The quantitative estimate of drug-likeness (QED) is 0.695. The number of nitrogens with one attached hydrogen (secondary N) is 2. The molecule has 2 fully saturated rings. The predicted molar refractivity (Wildman–Crippen MR) is 75.1 cm³/mol. The van der Waals surface area contributed by atoms with Gasteiger partial charge < -0.3 is 25.2 Å². The fourth-order valence-corrected chi connectivity index (χ4v) is 2.93. The monoisotopic (exact) mass is 300 g/mol. The molecule has 0 aromatic carbocycles. The van der Waals surface area contributed by atoms with Crippen molar-refractivity contribution < 1.29 is 24.2 Å². The smallest absolute Gasteiger partial charge is 0.315 e. The number of carboxylic acids is 1. The van der Waals surface area contributed by atoms with Crippen LogP contribution >= 0.6 is 0 Å². The summed E-state index contributed by atoms with van der Waals surface area (Å²) in [5, 5.41) is 14.7. The highest BCUT2D eigenvalue weighted by Crippen LogP contribution is 2.24. The number of hydrogen-bond acceptors (Lipinski definition) is 4. The van der Waals surface area contributed by atoms with Gasteiger partial charge >= 0.3 is 12.0 Å². The molecule has 0 unspecified atom stereocenters. The highest BCUT2D eigenvalue weighted by Gasteiger charge is 2.31. The van der Waals surface area contributed by atoms with Gasteiger partial charge in [0.15, 0.2) is 0 Å². The number of carboxylic acid groups (broad SMARTS) is 1. The Labute approximate surface area is 124 Å². The Hall–Kier alpha value is -1.34. The molecule has 1 saturated carbocycles. The summed E-state index contributed by atoms with van der Waals surface area (Å²) in [6, 6.07) is -0.303. The van der Waals surface area contributed by atoms with Gasteiger partial charge in [-0.15, -0.1) is 0 Å². The van der Waals surface area contributed by atoms with Crippen LogP contribution in [0.4, 0.5) is 4.79 Å². The summed E-state index contributed by atoms with van der Waals surface area (Å²) < 4.78 is 10.8. The third-order valence-corrected chi connectivity index (χ3v) is 4.14. The molecule has 3 N–H and O–H groups in total. The lowest BCUT2D eigenvalue weighted by Crippen LogP contribution is -2.51. The summed E-state index contributed by atoms with van der Waals surface area (Å²) >= 11 is 0. The molecule has 1 saturated heterocycles. The molecular weight excluding hydrogens is 276 g/mol. The second-order valence-corrected chi connectivity index (χ2v) is 5.64. The van der Waals surface area contributed by atoms with Gasteiger partial charge in [0.2, 0.25) is 0 Å². The normalized spacial score (nSPS) is 32.6. The minimum Gasteiger partial charge on any atom is -0.481 e. The zero-order valence-corrected chi connectivity index (χ0v) is 12.3. The van der Waals surface area contributed by atoms with Gasteiger partial charge in [-0.05, 0) is 32.6 Å². The average molecular weight is 300 g/mol. The Bertz CT molecular complexity index is 368. The lowest BCUT2D eigenvalue weighted by molar-refractivity contribution is -0.142. The van der Waals surface area contributed by atoms with Crippen molar-refractivity contribution in [2.45, 2.75) is 50.8 Å². The Balaban J connectivity index is 1.71.